The number of nitrogens with one attached hydrogen (secondary N) is 1. The summed E-state index contributed by atoms with van der Waals surface area (Å²) < 4.78 is 19.2. The van der Waals surface area contributed by atoms with Gasteiger partial charge in [0.2, 0.25) is 0 Å². The molecule has 0 radical (unpaired) electrons. The molecule has 0 amide bonds. The van der Waals surface area contributed by atoms with E-state index < -0.39 is 0 Å². The van der Waals surface area contributed by atoms with Crippen LogP contribution >= 0.6 is 11.3 Å². The van der Waals surface area contributed by atoms with Crippen molar-refractivity contribution in [2.24, 2.45) is 0 Å². The molecule has 108 valence electrons. The normalized spacial score (nSPS) is 10.9. The molecule has 0 unspecified atom stereocenters. The van der Waals surface area contributed by atoms with Gasteiger partial charge in [0.05, 0.1) is 6.26 Å². The van der Waals surface area contributed by atoms with E-state index in [1.165, 1.54) is 0 Å². The molecule has 0 spiro atoms. The topological polar surface area (TPSA) is 25.2 Å². The molecule has 0 fully saturated rings. The zero-order valence-electron chi connectivity index (χ0n) is 11.5. The maximum Gasteiger partial charge on any atom is 0.131 e. The highest BCUT2D eigenvalue weighted by Gasteiger charge is 2.07. The van der Waals surface area contributed by atoms with E-state index in [1.807, 2.05) is 41.8 Å². The molecule has 4 heteroatoms. The van der Waals surface area contributed by atoms with Crippen LogP contribution in [0.25, 0.3) is 10.4 Å². The molecule has 2 nitrogen and oxygen atoms in total. The van der Waals surface area contributed by atoms with E-state index in [0.717, 1.165) is 35.7 Å². The van der Waals surface area contributed by atoms with Gasteiger partial charge in [-0.2, -0.15) is 0 Å². The van der Waals surface area contributed by atoms with Crippen LogP contribution in [0.3, 0.4) is 0 Å². The van der Waals surface area contributed by atoms with Gasteiger partial charge in [0.25, 0.3) is 0 Å². The maximum absolute atomic E-state index is 13.9. The lowest BCUT2D eigenvalue weighted by Gasteiger charge is -2.07. The lowest BCUT2D eigenvalue weighted by Crippen LogP contribution is -2.16. The van der Waals surface area contributed by atoms with Crippen LogP contribution in [-0.4, -0.2) is 6.54 Å². The molecule has 1 N–H and O–H groups in total. The first-order valence-corrected chi connectivity index (χ1v) is 7.76. The minimum atomic E-state index is -0.170. The summed E-state index contributed by atoms with van der Waals surface area (Å²) in [6.07, 6.45) is 2.54. The summed E-state index contributed by atoms with van der Waals surface area (Å²) in [5.41, 5.74) is 1.76. The molecule has 0 saturated heterocycles. The van der Waals surface area contributed by atoms with E-state index in [4.69, 9.17) is 4.42 Å². The Kier molecular flexibility index (Phi) is 4.48. The fourth-order valence-corrected chi connectivity index (χ4v) is 2.95. The minimum Gasteiger partial charge on any atom is -0.469 e. The number of furan rings is 1. The summed E-state index contributed by atoms with van der Waals surface area (Å²) in [4.78, 5) is 0.963. The van der Waals surface area contributed by atoms with Crippen LogP contribution in [0.15, 0.2) is 58.5 Å². The Morgan fingerprint density at radius 2 is 2.10 bits per heavy atom. The minimum absolute atomic E-state index is 0.170. The number of hydrogen-bond acceptors (Lipinski definition) is 3. The molecule has 1 aromatic carbocycles. The zero-order valence-corrected chi connectivity index (χ0v) is 12.3. The van der Waals surface area contributed by atoms with Crippen molar-refractivity contribution >= 4 is 11.3 Å². The number of thiophene rings is 1. The smallest absolute Gasteiger partial charge is 0.131 e. The van der Waals surface area contributed by atoms with Gasteiger partial charge in [-0.25, -0.2) is 4.39 Å². The van der Waals surface area contributed by atoms with Crippen molar-refractivity contribution in [1.82, 2.24) is 5.32 Å². The first-order valence-electron chi connectivity index (χ1n) is 6.88. The molecule has 2 heterocycles. The van der Waals surface area contributed by atoms with Crippen LogP contribution in [-0.2, 0) is 13.0 Å². The van der Waals surface area contributed by atoms with E-state index in [1.54, 1.807) is 23.7 Å². The largest absolute Gasteiger partial charge is 0.469 e. The number of halogens is 1. The molecule has 3 rings (SSSR count). The van der Waals surface area contributed by atoms with Crippen molar-refractivity contribution in [1.29, 1.82) is 0 Å². The van der Waals surface area contributed by atoms with Gasteiger partial charge in [-0.3, -0.25) is 0 Å². The van der Waals surface area contributed by atoms with E-state index >= 15 is 0 Å². The Bertz CT molecular complexity index is 677. The first kappa shape index (κ1) is 14.0. The second-order valence-electron chi connectivity index (χ2n) is 4.80. The summed E-state index contributed by atoms with van der Waals surface area (Å²) >= 11 is 1.55. The number of rotatable bonds is 6. The van der Waals surface area contributed by atoms with Gasteiger partial charge < -0.3 is 9.73 Å². The average molecular weight is 301 g/mol. The van der Waals surface area contributed by atoms with Gasteiger partial charge in [-0.1, -0.05) is 12.1 Å². The summed E-state index contributed by atoms with van der Waals surface area (Å²) in [5, 5.41) is 5.31. The van der Waals surface area contributed by atoms with Crippen molar-refractivity contribution in [2.45, 2.75) is 13.0 Å². The average Bonchev–Trinajstić information content (AvgIpc) is 3.18. The molecule has 21 heavy (non-hydrogen) atoms. The summed E-state index contributed by atoms with van der Waals surface area (Å²) in [5.74, 6) is 0.803. The number of hydrogen-bond donors (Lipinski definition) is 1. The quantitative estimate of drug-likeness (QED) is 0.679. The van der Waals surface area contributed by atoms with E-state index in [9.17, 15) is 4.39 Å². The SMILES string of the molecule is Fc1ccc(CNCCc2ccco2)cc1-c1cccs1. The molecule has 0 bridgehead atoms. The Morgan fingerprint density at radius 3 is 2.86 bits per heavy atom. The van der Waals surface area contributed by atoms with Gasteiger partial charge in [0, 0.05) is 30.0 Å². The Balaban J connectivity index is 1.60. The van der Waals surface area contributed by atoms with Crippen molar-refractivity contribution in [2.75, 3.05) is 6.54 Å². The summed E-state index contributed by atoms with van der Waals surface area (Å²) in [6.45, 7) is 1.55. The number of benzene rings is 1. The van der Waals surface area contributed by atoms with Crippen molar-refractivity contribution in [3.63, 3.8) is 0 Å². The molecular weight excluding hydrogens is 285 g/mol. The monoisotopic (exact) mass is 301 g/mol. The van der Waals surface area contributed by atoms with E-state index in [2.05, 4.69) is 5.32 Å². The highest BCUT2D eigenvalue weighted by atomic mass is 32.1. The summed E-state index contributed by atoms with van der Waals surface area (Å²) in [6, 6.07) is 13.0. The van der Waals surface area contributed by atoms with Crippen LogP contribution in [0.4, 0.5) is 4.39 Å². The van der Waals surface area contributed by atoms with E-state index in [0.29, 0.717) is 5.56 Å². The van der Waals surface area contributed by atoms with Gasteiger partial charge in [0.1, 0.15) is 11.6 Å². The second kappa shape index (κ2) is 6.70. The Hall–Kier alpha value is -1.91. The van der Waals surface area contributed by atoms with Crippen LogP contribution in [0.5, 0.6) is 0 Å². The van der Waals surface area contributed by atoms with Crippen LogP contribution < -0.4 is 5.32 Å². The molecule has 0 aliphatic heterocycles. The lowest BCUT2D eigenvalue weighted by atomic mass is 10.1. The molecule has 2 aromatic heterocycles. The van der Waals surface area contributed by atoms with Gasteiger partial charge in [-0.05, 0) is 41.3 Å². The maximum atomic E-state index is 13.9. The van der Waals surface area contributed by atoms with E-state index in [-0.39, 0.29) is 5.82 Å². The Morgan fingerprint density at radius 1 is 1.14 bits per heavy atom. The fraction of sp³-hybridized carbons (Fsp3) is 0.176. The third-order valence-electron chi connectivity index (χ3n) is 3.27. The molecule has 0 aliphatic rings. The predicted octanol–water partition coefficient (Wildman–Crippen LogP) is 4.48. The highest BCUT2D eigenvalue weighted by molar-refractivity contribution is 7.13. The zero-order chi connectivity index (χ0) is 14.5. The highest BCUT2D eigenvalue weighted by Crippen LogP contribution is 2.28. The van der Waals surface area contributed by atoms with Crippen LogP contribution in [0.1, 0.15) is 11.3 Å². The predicted molar refractivity (Wildman–Crippen MR) is 83.8 cm³/mol. The molecule has 0 atom stereocenters. The lowest BCUT2D eigenvalue weighted by molar-refractivity contribution is 0.499. The van der Waals surface area contributed by atoms with Gasteiger partial charge in [0.15, 0.2) is 0 Å². The Labute approximate surface area is 127 Å². The molecule has 3 aromatic rings. The third kappa shape index (κ3) is 3.60. The fourth-order valence-electron chi connectivity index (χ4n) is 2.20. The van der Waals surface area contributed by atoms with Crippen molar-refractivity contribution < 1.29 is 8.81 Å². The third-order valence-corrected chi connectivity index (χ3v) is 4.18. The first-order chi connectivity index (χ1) is 10.3. The van der Waals surface area contributed by atoms with Crippen molar-refractivity contribution in [3.05, 3.63) is 71.2 Å². The van der Waals surface area contributed by atoms with Crippen LogP contribution in [0.2, 0.25) is 0 Å². The molecule has 0 aliphatic carbocycles. The van der Waals surface area contributed by atoms with Crippen molar-refractivity contribution in [3.8, 4) is 10.4 Å². The standard InChI is InChI=1S/C17H16FNOS/c18-16-6-5-13(11-15(16)17-4-2-10-21-17)12-19-8-7-14-3-1-9-20-14/h1-6,9-11,19H,7-8,12H2. The van der Waals surface area contributed by atoms with Crippen LogP contribution in [0, 0.1) is 5.82 Å². The van der Waals surface area contributed by atoms with Gasteiger partial charge in [-0.15, -0.1) is 11.3 Å². The molecular formula is C17H16FNOS. The van der Waals surface area contributed by atoms with Gasteiger partial charge >= 0.3 is 0 Å². The second-order valence-corrected chi connectivity index (χ2v) is 5.75. The molecule has 0 saturated carbocycles. The summed E-state index contributed by atoms with van der Waals surface area (Å²) in [7, 11) is 0.